The summed E-state index contributed by atoms with van der Waals surface area (Å²) >= 11 is 0. The largest absolute Gasteiger partial charge is 0.493 e. The molecule has 0 bridgehead atoms. The Hall–Kier alpha value is -3.42. The molecule has 0 radical (unpaired) electrons. The van der Waals surface area contributed by atoms with E-state index >= 15 is 0 Å². The summed E-state index contributed by atoms with van der Waals surface area (Å²) in [7, 11) is 3.06. The third-order valence-corrected chi connectivity index (χ3v) is 5.04. The van der Waals surface area contributed by atoms with Crippen LogP contribution in [0.2, 0.25) is 0 Å². The summed E-state index contributed by atoms with van der Waals surface area (Å²) in [5.41, 5.74) is 3.72. The van der Waals surface area contributed by atoms with E-state index in [0.29, 0.717) is 48.6 Å². The summed E-state index contributed by atoms with van der Waals surface area (Å²) in [4.78, 5) is 26.8. The lowest BCUT2D eigenvalue weighted by atomic mass is 9.95. The molecule has 158 valence electrons. The van der Waals surface area contributed by atoms with Gasteiger partial charge in [0.1, 0.15) is 5.82 Å². The second-order valence-corrected chi connectivity index (χ2v) is 6.92. The van der Waals surface area contributed by atoms with Crippen molar-refractivity contribution < 1.29 is 23.5 Å². The number of rotatable bonds is 6. The predicted octanol–water partition coefficient (Wildman–Crippen LogP) is 2.85. The number of carbonyl (C=O) groups excluding carboxylic acids is 2. The summed E-state index contributed by atoms with van der Waals surface area (Å²) in [6.07, 6.45) is 2.57. The third kappa shape index (κ3) is 5.14. The average Bonchev–Trinajstić information content (AvgIpc) is 2.79. The average molecular weight is 413 g/mol. The Morgan fingerprint density at radius 3 is 2.37 bits per heavy atom. The maximum atomic E-state index is 12.9. The van der Waals surface area contributed by atoms with Gasteiger partial charge in [0, 0.05) is 24.6 Å². The van der Waals surface area contributed by atoms with Crippen molar-refractivity contribution in [3.8, 4) is 11.5 Å². The normalized spacial score (nSPS) is 14.6. The maximum Gasteiger partial charge on any atom is 0.253 e. The van der Waals surface area contributed by atoms with Crippen LogP contribution in [0.25, 0.3) is 0 Å². The van der Waals surface area contributed by atoms with Crippen molar-refractivity contribution in [3.05, 3.63) is 59.4 Å². The SMILES string of the molecule is COc1ccc(C(=O)N2CCC(C(=O)N/N=C\c3ccc(F)cc3)CC2)cc1OC. The number of likely N-dealkylation sites (tertiary alicyclic amines) is 1. The van der Waals surface area contributed by atoms with Crippen molar-refractivity contribution >= 4 is 18.0 Å². The van der Waals surface area contributed by atoms with Gasteiger partial charge in [-0.3, -0.25) is 9.59 Å². The molecule has 0 saturated carbocycles. The second-order valence-electron chi connectivity index (χ2n) is 6.92. The Balaban J connectivity index is 1.52. The van der Waals surface area contributed by atoms with Crippen LogP contribution < -0.4 is 14.9 Å². The molecule has 1 aliphatic heterocycles. The van der Waals surface area contributed by atoms with E-state index in [9.17, 15) is 14.0 Å². The van der Waals surface area contributed by atoms with Gasteiger partial charge in [-0.2, -0.15) is 5.10 Å². The molecule has 7 nitrogen and oxygen atoms in total. The van der Waals surface area contributed by atoms with Crippen molar-refractivity contribution in [2.75, 3.05) is 27.3 Å². The molecule has 0 atom stereocenters. The van der Waals surface area contributed by atoms with Crippen molar-refractivity contribution in [3.63, 3.8) is 0 Å². The Kier molecular flexibility index (Phi) is 7.00. The monoisotopic (exact) mass is 413 g/mol. The zero-order valence-corrected chi connectivity index (χ0v) is 16.9. The Morgan fingerprint density at radius 1 is 1.07 bits per heavy atom. The smallest absolute Gasteiger partial charge is 0.253 e. The number of piperidine rings is 1. The van der Waals surface area contributed by atoms with Crippen LogP contribution in [0.1, 0.15) is 28.8 Å². The van der Waals surface area contributed by atoms with Gasteiger partial charge in [-0.05, 0) is 48.7 Å². The van der Waals surface area contributed by atoms with Gasteiger partial charge in [0.05, 0.1) is 20.4 Å². The van der Waals surface area contributed by atoms with E-state index in [4.69, 9.17) is 9.47 Å². The van der Waals surface area contributed by atoms with Crippen molar-refractivity contribution in [2.45, 2.75) is 12.8 Å². The highest BCUT2D eigenvalue weighted by atomic mass is 19.1. The molecule has 8 heteroatoms. The number of benzene rings is 2. The van der Waals surface area contributed by atoms with Gasteiger partial charge in [-0.25, -0.2) is 9.82 Å². The predicted molar refractivity (Wildman–Crippen MR) is 110 cm³/mol. The lowest BCUT2D eigenvalue weighted by molar-refractivity contribution is -0.126. The Labute approximate surface area is 174 Å². The van der Waals surface area contributed by atoms with Gasteiger partial charge in [-0.1, -0.05) is 12.1 Å². The second kappa shape index (κ2) is 9.87. The summed E-state index contributed by atoms with van der Waals surface area (Å²) in [5, 5.41) is 3.93. The Bertz CT molecular complexity index is 922. The first-order chi connectivity index (χ1) is 14.5. The minimum Gasteiger partial charge on any atom is -0.493 e. The molecule has 2 amide bonds. The number of carbonyl (C=O) groups is 2. The van der Waals surface area contributed by atoms with E-state index in [1.807, 2.05) is 0 Å². The zero-order valence-electron chi connectivity index (χ0n) is 16.9. The third-order valence-electron chi connectivity index (χ3n) is 5.04. The van der Waals surface area contributed by atoms with Crippen LogP contribution >= 0.6 is 0 Å². The van der Waals surface area contributed by atoms with E-state index in [0.717, 1.165) is 0 Å². The van der Waals surface area contributed by atoms with Crippen LogP contribution in [0, 0.1) is 11.7 Å². The molecular weight excluding hydrogens is 389 g/mol. The number of methoxy groups -OCH3 is 2. The number of hydrazone groups is 1. The molecule has 2 aromatic rings. The van der Waals surface area contributed by atoms with Gasteiger partial charge in [0.15, 0.2) is 11.5 Å². The minimum atomic E-state index is -0.328. The standard InChI is InChI=1S/C22H24FN3O4/c1-29-19-8-5-17(13-20(19)30-2)22(28)26-11-9-16(10-12-26)21(27)25-24-14-15-3-6-18(23)7-4-15/h3-8,13-14,16H,9-12H2,1-2H3,(H,25,27)/b24-14-. The highest BCUT2D eigenvalue weighted by Crippen LogP contribution is 2.28. The van der Waals surface area contributed by atoms with Gasteiger partial charge in [0.2, 0.25) is 5.91 Å². The van der Waals surface area contributed by atoms with Crippen LogP contribution in [0.5, 0.6) is 11.5 Å². The van der Waals surface area contributed by atoms with Gasteiger partial charge in [0.25, 0.3) is 5.91 Å². The fourth-order valence-electron chi connectivity index (χ4n) is 3.31. The fourth-order valence-corrected chi connectivity index (χ4v) is 3.31. The molecule has 2 aromatic carbocycles. The first kappa shape index (κ1) is 21.3. The molecule has 0 spiro atoms. The van der Waals surface area contributed by atoms with Crippen molar-refractivity contribution in [1.29, 1.82) is 0 Å². The van der Waals surface area contributed by atoms with Crippen LogP contribution in [-0.4, -0.2) is 50.2 Å². The van der Waals surface area contributed by atoms with Crippen molar-refractivity contribution in [2.24, 2.45) is 11.0 Å². The van der Waals surface area contributed by atoms with Gasteiger partial charge < -0.3 is 14.4 Å². The topological polar surface area (TPSA) is 80.2 Å². The molecule has 0 aromatic heterocycles. The molecular formula is C22H24FN3O4. The molecule has 1 N–H and O–H groups in total. The fraction of sp³-hybridized carbons (Fsp3) is 0.318. The zero-order chi connectivity index (χ0) is 21.5. The molecule has 3 rings (SSSR count). The summed E-state index contributed by atoms with van der Waals surface area (Å²) in [6.45, 7) is 0.958. The summed E-state index contributed by atoms with van der Waals surface area (Å²) in [5.74, 6) is 0.216. The first-order valence-electron chi connectivity index (χ1n) is 9.61. The minimum absolute atomic E-state index is 0.107. The van der Waals surface area contributed by atoms with E-state index in [2.05, 4.69) is 10.5 Å². The number of nitrogens with zero attached hydrogens (tertiary/aromatic N) is 2. The van der Waals surface area contributed by atoms with E-state index in [1.54, 1.807) is 42.3 Å². The van der Waals surface area contributed by atoms with E-state index < -0.39 is 0 Å². The lowest BCUT2D eigenvalue weighted by Crippen LogP contribution is -2.42. The number of nitrogens with one attached hydrogen (secondary N) is 1. The highest BCUT2D eigenvalue weighted by molar-refractivity contribution is 5.95. The number of halogens is 1. The number of hydrogen-bond acceptors (Lipinski definition) is 5. The molecule has 0 unspecified atom stereocenters. The van der Waals surface area contributed by atoms with Crippen LogP contribution in [0.4, 0.5) is 4.39 Å². The molecule has 1 fully saturated rings. The van der Waals surface area contributed by atoms with Crippen LogP contribution in [-0.2, 0) is 4.79 Å². The van der Waals surface area contributed by atoms with Crippen molar-refractivity contribution in [1.82, 2.24) is 10.3 Å². The number of amides is 2. The molecule has 1 saturated heterocycles. The summed E-state index contributed by atoms with van der Waals surface area (Å²) in [6, 6.07) is 10.9. The van der Waals surface area contributed by atoms with E-state index in [-0.39, 0.29) is 23.5 Å². The van der Waals surface area contributed by atoms with Gasteiger partial charge in [-0.15, -0.1) is 0 Å². The van der Waals surface area contributed by atoms with Crippen LogP contribution in [0.3, 0.4) is 0 Å². The van der Waals surface area contributed by atoms with E-state index in [1.165, 1.54) is 25.5 Å². The molecule has 30 heavy (non-hydrogen) atoms. The number of ether oxygens (including phenoxy) is 2. The van der Waals surface area contributed by atoms with Gasteiger partial charge >= 0.3 is 0 Å². The first-order valence-corrected chi connectivity index (χ1v) is 9.61. The quantitative estimate of drug-likeness (QED) is 0.583. The van der Waals surface area contributed by atoms with Crippen LogP contribution in [0.15, 0.2) is 47.6 Å². The number of hydrogen-bond donors (Lipinski definition) is 1. The Morgan fingerprint density at radius 2 is 1.73 bits per heavy atom. The summed E-state index contributed by atoms with van der Waals surface area (Å²) < 4.78 is 23.4. The molecule has 0 aliphatic carbocycles. The molecule has 1 aliphatic rings. The highest BCUT2D eigenvalue weighted by Gasteiger charge is 2.28. The maximum absolute atomic E-state index is 12.9. The molecule has 1 heterocycles. The lowest BCUT2D eigenvalue weighted by Gasteiger charge is -2.31.